The molecule has 0 spiro atoms. The highest BCUT2D eigenvalue weighted by molar-refractivity contribution is 5.94. The van der Waals surface area contributed by atoms with Crippen LogP contribution in [0.15, 0.2) is 47.0 Å². The van der Waals surface area contributed by atoms with Crippen molar-refractivity contribution < 1.29 is 13.7 Å². The van der Waals surface area contributed by atoms with Crippen molar-refractivity contribution in [1.29, 1.82) is 0 Å². The van der Waals surface area contributed by atoms with E-state index in [1.165, 1.54) is 37.1 Å². The molecule has 1 aliphatic heterocycles. The molecule has 1 saturated heterocycles. The number of hydrogen-bond donors (Lipinski definition) is 1. The highest BCUT2D eigenvalue weighted by Gasteiger charge is 2.27. The Bertz CT molecular complexity index is 1220. The number of likely N-dealkylation sites (tertiary alicyclic amines) is 1. The first kappa shape index (κ1) is 28.6. The summed E-state index contributed by atoms with van der Waals surface area (Å²) in [5, 5.41) is 8.53. The zero-order chi connectivity index (χ0) is 27.9. The van der Waals surface area contributed by atoms with Crippen LogP contribution in [0.3, 0.4) is 0 Å². The van der Waals surface area contributed by atoms with Crippen molar-refractivity contribution in [1.82, 2.24) is 15.4 Å². The summed E-state index contributed by atoms with van der Waals surface area (Å²) in [5.41, 5.74) is 3.49. The van der Waals surface area contributed by atoms with Crippen molar-refractivity contribution in [3.63, 3.8) is 0 Å². The molecule has 0 unspecified atom stereocenters. The van der Waals surface area contributed by atoms with E-state index in [9.17, 15) is 9.18 Å². The molecule has 7 heteroatoms. The Morgan fingerprint density at radius 2 is 1.70 bits per heavy atom. The van der Waals surface area contributed by atoms with Gasteiger partial charge in [-0.3, -0.25) is 4.79 Å². The lowest BCUT2D eigenvalue weighted by molar-refractivity contribution is 0.0919. The molecule has 40 heavy (non-hydrogen) atoms. The van der Waals surface area contributed by atoms with E-state index in [1.54, 1.807) is 6.07 Å². The van der Waals surface area contributed by atoms with Crippen LogP contribution in [0.25, 0.3) is 11.0 Å². The number of piperidine rings is 1. The molecule has 216 valence electrons. The SMILES string of the molecule is CCCN(CCC)c1ccc(C(=O)NC2CCC(CCN3CCC(c4noc5cc(F)ccc45)CC3)CC2)cc1. The quantitative estimate of drug-likeness (QED) is 0.276. The molecular weight excluding hydrogens is 503 g/mol. The van der Waals surface area contributed by atoms with Crippen LogP contribution in [0.4, 0.5) is 10.1 Å². The van der Waals surface area contributed by atoms with Crippen LogP contribution in [0.2, 0.25) is 0 Å². The van der Waals surface area contributed by atoms with Gasteiger partial charge in [0.25, 0.3) is 5.91 Å². The minimum Gasteiger partial charge on any atom is -0.372 e. The van der Waals surface area contributed by atoms with Crippen molar-refractivity contribution >= 4 is 22.6 Å². The number of anilines is 1. The van der Waals surface area contributed by atoms with E-state index in [0.29, 0.717) is 11.5 Å². The zero-order valence-corrected chi connectivity index (χ0v) is 24.2. The fraction of sp³-hybridized carbons (Fsp3) is 0.576. The van der Waals surface area contributed by atoms with Gasteiger partial charge >= 0.3 is 0 Å². The number of carbonyl (C=O) groups is 1. The van der Waals surface area contributed by atoms with Crippen LogP contribution in [0, 0.1) is 11.7 Å². The van der Waals surface area contributed by atoms with Gasteiger partial charge in [0.15, 0.2) is 5.58 Å². The molecule has 1 N–H and O–H groups in total. The molecule has 6 nitrogen and oxygen atoms in total. The highest BCUT2D eigenvalue weighted by Crippen LogP contribution is 2.34. The number of benzene rings is 2. The normalized spacial score (nSPS) is 20.6. The molecule has 1 amide bonds. The molecule has 1 aliphatic carbocycles. The lowest BCUT2D eigenvalue weighted by Gasteiger charge is -2.34. The van der Waals surface area contributed by atoms with Crippen molar-refractivity contribution in [2.45, 2.75) is 83.6 Å². The molecule has 3 aromatic rings. The first-order valence-electron chi connectivity index (χ1n) is 15.5. The molecule has 1 saturated carbocycles. The standard InChI is InChI=1S/C33H45FN4O2/c1-3-18-38(19-4-2)29-12-7-26(8-13-29)33(39)35-28-10-5-24(6-11-28)15-20-37-21-16-25(17-22-37)32-30-14-9-27(34)23-31(30)40-36-32/h7-9,12-14,23-25,28H,3-6,10-11,15-22H2,1-2H3,(H,35,39). The van der Waals surface area contributed by atoms with Crippen molar-refractivity contribution in [3.05, 3.63) is 59.5 Å². The first-order chi connectivity index (χ1) is 19.5. The average Bonchev–Trinajstić information content (AvgIpc) is 3.40. The summed E-state index contributed by atoms with van der Waals surface area (Å²) in [6, 6.07) is 13.1. The fourth-order valence-corrected chi connectivity index (χ4v) is 6.62. The average molecular weight is 549 g/mol. The van der Waals surface area contributed by atoms with E-state index in [2.05, 4.69) is 46.3 Å². The van der Waals surface area contributed by atoms with E-state index >= 15 is 0 Å². The van der Waals surface area contributed by atoms with Gasteiger partial charge in [0.1, 0.15) is 5.82 Å². The van der Waals surface area contributed by atoms with Crippen LogP contribution in [-0.4, -0.2) is 54.7 Å². The third-order valence-electron chi connectivity index (χ3n) is 8.95. The topological polar surface area (TPSA) is 61.6 Å². The minimum absolute atomic E-state index is 0.0560. The number of nitrogens with one attached hydrogen (secondary N) is 1. The maximum absolute atomic E-state index is 13.5. The Balaban J connectivity index is 1.01. The van der Waals surface area contributed by atoms with Gasteiger partial charge in [-0.2, -0.15) is 0 Å². The maximum atomic E-state index is 13.5. The second-order valence-electron chi connectivity index (χ2n) is 11.8. The molecule has 5 rings (SSSR count). The van der Waals surface area contributed by atoms with Gasteiger partial charge in [0.2, 0.25) is 0 Å². The number of halogens is 1. The third-order valence-corrected chi connectivity index (χ3v) is 8.95. The van der Waals surface area contributed by atoms with Crippen LogP contribution >= 0.6 is 0 Å². The number of rotatable bonds is 11. The number of fused-ring (bicyclic) bond motifs is 1. The van der Waals surface area contributed by atoms with E-state index in [0.717, 1.165) is 93.8 Å². The second-order valence-corrected chi connectivity index (χ2v) is 11.8. The van der Waals surface area contributed by atoms with Gasteiger partial charge in [-0.1, -0.05) is 19.0 Å². The van der Waals surface area contributed by atoms with Gasteiger partial charge in [0, 0.05) is 47.8 Å². The molecule has 0 atom stereocenters. The van der Waals surface area contributed by atoms with Gasteiger partial charge < -0.3 is 19.6 Å². The van der Waals surface area contributed by atoms with E-state index in [1.807, 2.05) is 12.1 Å². The smallest absolute Gasteiger partial charge is 0.251 e. The van der Waals surface area contributed by atoms with Crippen LogP contribution in [-0.2, 0) is 0 Å². The summed E-state index contributed by atoms with van der Waals surface area (Å²) in [5.74, 6) is 0.890. The van der Waals surface area contributed by atoms with Crippen molar-refractivity contribution in [3.8, 4) is 0 Å². The molecular formula is C33H45FN4O2. The number of nitrogens with zero attached hydrogens (tertiary/aromatic N) is 3. The summed E-state index contributed by atoms with van der Waals surface area (Å²) in [6.45, 7) is 9.78. The second kappa shape index (κ2) is 13.6. The summed E-state index contributed by atoms with van der Waals surface area (Å²) in [4.78, 5) is 17.9. The number of amides is 1. The molecule has 1 aromatic heterocycles. The Morgan fingerprint density at radius 3 is 2.38 bits per heavy atom. The molecule has 2 aliphatic rings. The predicted molar refractivity (Wildman–Crippen MR) is 159 cm³/mol. The third kappa shape index (κ3) is 7.03. The van der Waals surface area contributed by atoms with Crippen molar-refractivity contribution in [2.24, 2.45) is 5.92 Å². The summed E-state index contributed by atoms with van der Waals surface area (Å²) >= 11 is 0. The number of hydrogen-bond acceptors (Lipinski definition) is 5. The predicted octanol–water partition coefficient (Wildman–Crippen LogP) is 7.15. The number of aromatic nitrogens is 1. The maximum Gasteiger partial charge on any atom is 0.251 e. The molecule has 0 radical (unpaired) electrons. The van der Waals surface area contributed by atoms with E-state index in [4.69, 9.17) is 4.52 Å². The Morgan fingerprint density at radius 1 is 1.00 bits per heavy atom. The molecule has 2 heterocycles. The summed E-state index contributed by atoms with van der Waals surface area (Å²) in [7, 11) is 0. The Labute approximate surface area is 238 Å². The zero-order valence-electron chi connectivity index (χ0n) is 24.2. The Kier molecular flexibility index (Phi) is 9.74. The largest absolute Gasteiger partial charge is 0.372 e. The Hall–Kier alpha value is -2.93. The van der Waals surface area contributed by atoms with Crippen LogP contribution in [0.5, 0.6) is 0 Å². The lowest BCUT2D eigenvalue weighted by Crippen LogP contribution is -2.38. The minimum atomic E-state index is -0.284. The van der Waals surface area contributed by atoms with Gasteiger partial charge in [-0.15, -0.1) is 0 Å². The summed E-state index contributed by atoms with van der Waals surface area (Å²) < 4.78 is 18.9. The molecule has 0 bridgehead atoms. The van der Waals surface area contributed by atoms with Gasteiger partial charge in [-0.05, 0) is 120 Å². The van der Waals surface area contributed by atoms with Gasteiger partial charge in [0.05, 0.1) is 5.69 Å². The lowest BCUT2D eigenvalue weighted by atomic mass is 9.83. The molecule has 2 aromatic carbocycles. The number of carbonyl (C=O) groups excluding carboxylic acids is 1. The monoisotopic (exact) mass is 548 g/mol. The van der Waals surface area contributed by atoms with E-state index in [-0.39, 0.29) is 17.8 Å². The highest BCUT2D eigenvalue weighted by atomic mass is 19.1. The van der Waals surface area contributed by atoms with Gasteiger partial charge in [-0.25, -0.2) is 4.39 Å². The van der Waals surface area contributed by atoms with Crippen molar-refractivity contribution in [2.75, 3.05) is 37.6 Å². The molecule has 2 fully saturated rings. The van der Waals surface area contributed by atoms with Crippen LogP contribution < -0.4 is 10.2 Å². The van der Waals surface area contributed by atoms with Crippen LogP contribution in [0.1, 0.15) is 93.6 Å². The van der Waals surface area contributed by atoms with E-state index < -0.39 is 0 Å². The summed E-state index contributed by atoms with van der Waals surface area (Å²) in [6.07, 6.45) is 10.1. The fourth-order valence-electron chi connectivity index (χ4n) is 6.62. The first-order valence-corrected chi connectivity index (χ1v) is 15.5.